The number of halogens is 2. The van der Waals surface area contributed by atoms with Gasteiger partial charge in [0.05, 0.1) is 0 Å². The van der Waals surface area contributed by atoms with E-state index in [1.54, 1.807) is 0 Å². The van der Waals surface area contributed by atoms with Crippen LogP contribution in [-0.2, 0) is 0 Å². The molecule has 1 atom stereocenters. The molecule has 0 N–H and O–H groups in total. The number of hydrogen-bond donors (Lipinski definition) is 0. The Balaban J connectivity index is 2.37. The number of benzene rings is 1. The third kappa shape index (κ3) is 2.33. The average molecular weight is 300 g/mol. The topological polar surface area (TPSA) is 13.1 Å². The molecule has 0 spiro atoms. The Morgan fingerprint density at radius 1 is 1.19 bits per heavy atom. The molecule has 0 fully saturated rings. The van der Waals surface area contributed by atoms with E-state index in [1.807, 2.05) is 12.1 Å². The summed E-state index contributed by atoms with van der Waals surface area (Å²) in [6.07, 6.45) is 0. The second-order valence-electron chi connectivity index (χ2n) is 3.86. The van der Waals surface area contributed by atoms with E-state index in [1.165, 1.54) is 11.1 Å². The fraction of sp³-hybridized carbons (Fsp3) is 0.231. The molecule has 1 aromatic heterocycles. The summed E-state index contributed by atoms with van der Waals surface area (Å²) >= 11 is 9.67. The van der Waals surface area contributed by atoms with Gasteiger partial charge >= 0.3 is 0 Å². The quantitative estimate of drug-likeness (QED) is 0.712. The molecule has 0 saturated heterocycles. The minimum atomic E-state index is -0.230. The van der Waals surface area contributed by atoms with Gasteiger partial charge in [-0.3, -0.25) is 0 Å². The molecule has 1 unspecified atom stereocenters. The van der Waals surface area contributed by atoms with Crippen LogP contribution in [0.4, 0.5) is 0 Å². The number of rotatable bonds is 2. The lowest BCUT2D eigenvalue weighted by Crippen LogP contribution is -1.95. The van der Waals surface area contributed by atoms with Crippen LogP contribution in [0.2, 0.25) is 0 Å². The third-order valence-electron chi connectivity index (χ3n) is 2.54. The first-order valence-corrected chi connectivity index (χ1v) is 6.27. The SMILES string of the molecule is Cc1ccc(C(Cl)c2ccc(Br)o2)c(C)c1. The summed E-state index contributed by atoms with van der Waals surface area (Å²) < 4.78 is 6.18. The second kappa shape index (κ2) is 4.64. The van der Waals surface area contributed by atoms with E-state index in [9.17, 15) is 0 Å². The van der Waals surface area contributed by atoms with E-state index in [2.05, 4.69) is 48.0 Å². The number of hydrogen-bond acceptors (Lipinski definition) is 1. The molecule has 1 aromatic carbocycles. The van der Waals surface area contributed by atoms with Crippen molar-refractivity contribution in [2.24, 2.45) is 0 Å². The van der Waals surface area contributed by atoms with E-state index in [0.717, 1.165) is 11.3 Å². The van der Waals surface area contributed by atoms with Gasteiger partial charge in [-0.2, -0.15) is 0 Å². The highest BCUT2D eigenvalue weighted by molar-refractivity contribution is 9.10. The summed E-state index contributed by atoms with van der Waals surface area (Å²) in [5.74, 6) is 0.764. The maximum Gasteiger partial charge on any atom is 0.169 e. The van der Waals surface area contributed by atoms with Crippen molar-refractivity contribution in [3.05, 3.63) is 57.5 Å². The standard InChI is InChI=1S/C13H12BrClO/c1-8-3-4-10(9(2)7-8)13(15)11-5-6-12(14)16-11/h3-7,13H,1-2H3. The van der Waals surface area contributed by atoms with Crippen LogP contribution in [0.3, 0.4) is 0 Å². The summed E-state index contributed by atoms with van der Waals surface area (Å²) in [4.78, 5) is 0. The van der Waals surface area contributed by atoms with Gasteiger partial charge in [-0.1, -0.05) is 23.8 Å². The van der Waals surface area contributed by atoms with Gasteiger partial charge in [0, 0.05) is 0 Å². The minimum Gasteiger partial charge on any atom is -0.452 e. The highest BCUT2D eigenvalue weighted by Crippen LogP contribution is 2.33. The molecule has 2 rings (SSSR count). The zero-order valence-corrected chi connectivity index (χ0v) is 11.5. The van der Waals surface area contributed by atoms with Crippen molar-refractivity contribution < 1.29 is 4.42 Å². The molecule has 84 valence electrons. The minimum absolute atomic E-state index is 0.230. The fourth-order valence-corrected chi connectivity index (χ4v) is 2.41. The smallest absolute Gasteiger partial charge is 0.169 e. The molecular weight excluding hydrogens is 287 g/mol. The van der Waals surface area contributed by atoms with E-state index < -0.39 is 0 Å². The molecule has 0 radical (unpaired) electrons. The Bertz CT molecular complexity index is 504. The normalized spacial score (nSPS) is 12.8. The van der Waals surface area contributed by atoms with Gasteiger partial charge in [0.15, 0.2) is 4.67 Å². The predicted octanol–water partition coefficient (Wildman–Crippen LogP) is 4.99. The van der Waals surface area contributed by atoms with Gasteiger partial charge in [0.1, 0.15) is 11.1 Å². The van der Waals surface area contributed by atoms with Crippen LogP contribution in [0.25, 0.3) is 0 Å². The molecule has 16 heavy (non-hydrogen) atoms. The van der Waals surface area contributed by atoms with Crippen LogP contribution < -0.4 is 0 Å². The number of aryl methyl sites for hydroxylation is 2. The molecule has 0 saturated carbocycles. The number of furan rings is 1. The first-order chi connectivity index (χ1) is 7.58. The maximum atomic E-state index is 6.39. The molecule has 3 heteroatoms. The van der Waals surface area contributed by atoms with Crippen molar-refractivity contribution in [3.8, 4) is 0 Å². The largest absolute Gasteiger partial charge is 0.452 e. The molecular formula is C13H12BrClO. The van der Waals surface area contributed by atoms with Crippen molar-refractivity contribution in [2.45, 2.75) is 19.2 Å². The summed E-state index contributed by atoms with van der Waals surface area (Å²) in [7, 11) is 0. The van der Waals surface area contributed by atoms with E-state index >= 15 is 0 Å². The van der Waals surface area contributed by atoms with Gasteiger partial charge in [-0.25, -0.2) is 0 Å². The summed E-state index contributed by atoms with van der Waals surface area (Å²) in [5.41, 5.74) is 3.52. The monoisotopic (exact) mass is 298 g/mol. The van der Waals surface area contributed by atoms with Crippen molar-refractivity contribution in [1.29, 1.82) is 0 Å². The van der Waals surface area contributed by atoms with Crippen molar-refractivity contribution in [2.75, 3.05) is 0 Å². The lowest BCUT2D eigenvalue weighted by atomic mass is 10.0. The first-order valence-electron chi connectivity index (χ1n) is 5.04. The van der Waals surface area contributed by atoms with Crippen LogP contribution in [0.15, 0.2) is 39.4 Å². The molecule has 0 aliphatic carbocycles. The van der Waals surface area contributed by atoms with Crippen LogP contribution in [0.5, 0.6) is 0 Å². The van der Waals surface area contributed by atoms with Gasteiger partial charge < -0.3 is 4.42 Å². The van der Waals surface area contributed by atoms with Gasteiger partial charge in [0.25, 0.3) is 0 Å². The Hall–Kier alpha value is -0.730. The highest BCUT2D eigenvalue weighted by atomic mass is 79.9. The molecule has 2 aromatic rings. The lowest BCUT2D eigenvalue weighted by Gasteiger charge is -2.11. The third-order valence-corrected chi connectivity index (χ3v) is 3.42. The van der Waals surface area contributed by atoms with Gasteiger partial charge in [-0.15, -0.1) is 11.6 Å². The molecule has 0 amide bonds. The van der Waals surface area contributed by atoms with Crippen LogP contribution in [0, 0.1) is 13.8 Å². The van der Waals surface area contributed by atoms with Crippen molar-refractivity contribution in [1.82, 2.24) is 0 Å². The van der Waals surface area contributed by atoms with E-state index in [-0.39, 0.29) is 5.38 Å². The molecule has 0 aliphatic heterocycles. The lowest BCUT2D eigenvalue weighted by molar-refractivity contribution is 0.493. The van der Waals surface area contributed by atoms with E-state index in [0.29, 0.717) is 4.67 Å². The Morgan fingerprint density at radius 2 is 1.94 bits per heavy atom. The molecule has 1 heterocycles. The summed E-state index contributed by atoms with van der Waals surface area (Å²) in [6, 6.07) is 9.99. The molecule has 0 bridgehead atoms. The van der Waals surface area contributed by atoms with E-state index in [4.69, 9.17) is 16.0 Å². The Morgan fingerprint density at radius 3 is 2.50 bits per heavy atom. The maximum absolute atomic E-state index is 6.39. The summed E-state index contributed by atoms with van der Waals surface area (Å²) in [6.45, 7) is 4.14. The zero-order chi connectivity index (χ0) is 11.7. The van der Waals surface area contributed by atoms with Crippen molar-refractivity contribution in [3.63, 3.8) is 0 Å². The van der Waals surface area contributed by atoms with Gasteiger partial charge in [0.2, 0.25) is 0 Å². The highest BCUT2D eigenvalue weighted by Gasteiger charge is 2.16. The van der Waals surface area contributed by atoms with Crippen molar-refractivity contribution >= 4 is 27.5 Å². The zero-order valence-electron chi connectivity index (χ0n) is 9.13. The van der Waals surface area contributed by atoms with Crippen LogP contribution in [-0.4, -0.2) is 0 Å². The average Bonchev–Trinajstić information content (AvgIpc) is 2.64. The Kier molecular flexibility index (Phi) is 3.41. The Labute approximate surface area is 109 Å². The van der Waals surface area contributed by atoms with Crippen LogP contribution in [0.1, 0.15) is 27.8 Å². The fourth-order valence-electron chi connectivity index (χ4n) is 1.73. The first kappa shape index (κ1) is 11.7. The second-order valence-corrected chi connectivity index (χ2v) is 5.08. The van der Waals surface area contributed by atoms with Crippen LogP contribution >= 0.6 is 27.5 Å². The molecule has 0 aliphatic rings. The molecule has 1 nitrogen and oxygen atoms in total. The number of alkyl halides is 1. The van der Waals surface area contributed by atoms with Gasteiger partial charge in [-0.05, 0) is 53.0 Å². The predicted molar refractivity (Wildman–Crippen MR) is 70.0 cm³/mol. The summed E-state index contributed by atoms with van der Waals surface area (Å²) in [5, 5.41) is -0.230.